The van der Waals surface area contributed by atoms with Gasteiger partial charge in [0.1, 0.15) is 4.60 Å². The number of nitrogens with zero attached hydrogens (tertiary/aromatic N) is 3. The molecule has 0 spiro atoms. The van der Waals surface area contributed by atoms with E-state index in [0.717, 1.165) is 29.8 Å². The monoisotopic (exact) mass is 291 g/mol. The third-order valence-electron chi connectivity index (χ3n) is 3.20. The largest absolute Gasteiger partial charge is 0.300 e. The van der Waals surface area contributed by atoms with Crippen LogP contribution in [-0.4, -0.2) is 28.3 Å². The summed E-state index contributed by atoms with van der Waals surface area (Å²) in [4.78, 5) is 2.33. The molecule has 0 atom stereocenters. The minimum atomic E-state index is 0.961. The second-order valence-corrected chi connectivity index (χ2v) is 5.20. The van der Waals surface area contributed by atoms with Crippen LogP contribution in [0.1, 0.15) is 11.3 Å². The molecule has 0 fully saturated rings. The van der Waals surface area contributed by atoms with Crippen molar-refractivity contribution in [2.45, 2.75) is 13.0 Å². The predicted octanol–water partition coefficient (Wildman–Crippen LogP) is 2.62. The van der Waals surface area contributed by atoms with E-state index in [1.807, 2.05) is 18.2 Å². The molecule has 0 N–H and O–H groups in total. The number of halogens is 1. The highest BCUT2D eigenvalue weighted by Crippen LogP contribution is 2.27. The van der Waals surface area contributed by atoms with Gasteiger partial charge in [-0.25, -0.2) is 4.68 Å². The summed E-state index contributed by atoms with van der Waals surface area (Å²) in [6.07, 6.45) is 1.07. The maximum Gasteiger partial charge on any atom is 0.132 e. The Hall–Kier alpha value is -1.13. The van der Waals surface area contributed by atoms with Crippen molar-refractivity contribution < 1.29 is 0 Å². The highest BCUT2D eigenvalue weighted by Gasteiger charge is 2.22. The maximum atomic E-state index is 4.60. The van der Waals surface area contributed by atoms with Gasteiger partial charge in [-0.1, -0.05) is 18.2 Å². The number of benzene rings is 1. The molecule has 0 bridgehead atoms. The second kappa shape index (κ2) is 4.27. The predicted molar refractivity (Wildman–Crippen MR) is 71.3 cm³/mol. The van der Waals surface area contributed by atoms with E-state index in [1.165, 1.54) is 11.3 Å². The van der Waals surface area contributed by atoms with E-state index in [2.05, 4.69) is 49.8 Å². The number of para-hydroxylation sites is 1. The van der Waals surface area contributed by atoms with E-state index in [4.69, 9.17) is 0 Å². The summed E-state index contributed by atoms with van der Waals surface area (Å²) < 4.78 is 3.04. The minimum Gasteiger partial charge on any atom is -0.300 e. The number of likely N-dealkylation sites (N-methyl/N-ethyl adjacent to an activating group) is 1. The number of hydrogen-bond acceptors (Lipinski definition) is 2. The van der Waals surface area contributed by atoms with Gasteiger partial charge >= 0.3 is 0 Å². The lowest BCUT2D eigenvalue weighted by atomic mass is 10.1. The first-order chi connectivity index (χ1) is 8.25. The highest BCUT2D eigenvalue weighted by atomic mass is 79.9. The number of rotatable bonds is 1. The van der Waals surface area contributed by atoms with Crippen LogP contribution in [-0.2, 0) is 13.0 Å². The van der Waals surface area contributed by atoms with Crippen molar-refractivity contribution in [1.82, 2.24) is 14.7 Å². The fourth-order valence-corrected chi connectivity index (χ4v) is 2.87. The second-order valence-electron chi connectivity index (χ2n) is 4.45. The first-order valence-electron chi connectivity index (χ1n) is 5.76. The van der Waals surface area contributed by atoms with Crippen molar-refractivity contribution in [3.05, 3.63) is 46.2 Å². The standard InChI is InChI=1S/C13H14BrN3/c1-16-8-7-11-12(9-16)17(15-13(11)14)10-5-3-2-4-6-10/h2-6H,7-9H2,1H3. The molecule has 0 radical (unpaired) electrons. The van der Waals surface area contributed by atoms with E-state index < -0.39 is 0 Å². The van der Waals surface area contributed by atoms with Crippen LogP contribution in [0.25, 0.3) is 5.69 Å². The quantitative estimate of drug-likeness (QED) is 0.805. The summed E-state index contributed by atoms with van der Waals surface area (Å²) in [7, 11) is 2.15. The van der Waals surface area contributed by atoms with Crippen LogP contribution in [0.5, 0.6) is 0 Å². The molecule has 0 saturated carbocycles. The summed E-state index contributed by atoms with van der Waals surface area (Å²) in [5, 5.41) is 4.60. The number of aromatic nitrogens is 2. The molecule has 0 unspecified atom stereocenters. The van der Waals surface area contributed by atoms with Crippen molar-refractivity contribution in [3.63, 3.8) is 0 Å². The molecule has 0 aliphatic carbocycles. The average Bonchev–Trinajstić information content (AvgIpc) is 2.67. The molecule has 0 amide bonds. The fraction of sp³-hybridized carbons (Fsp3) is 0.308. The zero-order chi connectivity index (χ0) is 11.8. The number of fused-ring (bicyclic) bond motifs is 1. The molecule has 1 aliphatic rings. The van der Waals surface area contributed by atoms with Crippen molar-refractivity contribution in [3.8, 4) is 5.69 Å². The molecule has 3 nitrogen and oxygen atoms in total. The Bertz CT molecular complexity index is 533. The van der Waals surface area contributed by atoms with Crippen LogP contribution in [0.2, 0.25) is 0 Å². The van der Waals surface area contributed by atoms with Gasteiger partial charge in [0.25, 0.3) is 0 Å². The topological polar surface area (TPSA) is 21.1 Å². The Balaban J connectivity index is 2.13. The molecule has 17 heavy (non-hydrogen) atoms. The Morgan fingerprint density at radius 3 is 2.76 bits per heavy atom. The molecule has 1 aromatic heterocycles. The minimum absolute atomic E-state index is 0.961. The van der Waals surface area contributed by atoms with E-state index in [9.17, 15) is 0 Å². The Kier molecular flexibility index (Phi) is 2.76. The lowest BCUT2D eigenvalue weighted by Crippen LogP contribution is -2.27. The van der Waals surface area contributed by atoms with Gasteiger partial charge < -0.3 is 4.90 Å². The van der Waals surface area contributed by atoms with Crippen molar-refractivity contribution in [1.29, 1.82) is 0 Å². The molecule has 2 aromatic rings. The normalized spacial score (nSPS) is 15.9. The molecular formula is C13H14BrN3. The lowest BCUT2D eigenvalue weighted by Gasteiger charge is -2.23. The van der Waals surface area contributed by atoms with Crippen LogP contribution < -0.4 is 0 Å². The summed E-state index contributed by atoms with van der Waals surface area (Å²) in [5.74, 6) is 0. The summed E-state index contributed by atoms with van der Waals surface area (Å²) >= 11 is 3.57. The van der Waals surface area contributed by atoms with Crippen LogP contribution in [0.3, 0.4) is 0 Å². The van der Waals surface area contributed by atoms with Crippen molar-refractivity contribution >= 4 is 15.9 Å². The Labute approximate surface area is 109 Å². The van der Waals surface area contributed by atoms with Gasteiger partial charge in [0.15, 0.2) is 0 Å². The van der Waals surface area contributed by atoms with E-state index in [-0.39, 0.29) is 0 Å². The van der Waals surface area contributed by atoms with Gasteiger partial charge in [-0.2, -0.15) is 5.10 Å². The van der Waals surface area contributed by atoms with Gasteiger partial charge in [0.2, 0.25) is 0 Å². The molecule has 88 valence electrons. The summed E-state index contributed by atoms with van der Waals surface area (Å²) in [6, 6.07) is 10.3. The van der Waals surface area contributed by atoms with Crippen molar-refractivity contribution in [2.24, 2.45) is 0 Å². The molecule has 4 heteroatoms. The third kappa shape index (κ3) is 1.91. The first kappa shape index (κ1) is 11.0. The maximum absolute atomic E-state index is 4.60. The zero-order valence-corrected chi connectivity index (χ0v) is 11.3. The van der Waals surface area contributed by atoms with Crippen molar-refractivity contribution in [2.75, 3.05) is 13.6 Å². The Morgan fingerprint density at radius 2 is 2.00 bits per heavy atom. The highest BCUT2D eigenvalue weighted by molar-refractivity contribution is 9.10. The van der Waals surface area contributed by atoms with Crippen LogP contribution in [0, 0.1) is 0 Å². The SMILES string of the molecule is CN1CCc2c(Br)nn(-c3ccccc3)c2C1. The molecule has 3 rings (SSSR count). The number of hydrogen-bond donors (Lipinski definition) is 0. The van der Waals surface area contributed by atoms with Crippen LogP contribution in [0.4, 0.5) is 0 Å². The van der Waals surface area contributed by atoms with Gasteiger partial charge in [0, 0.05) is 18.7 Å². The fourth-order valence-electron chi connectivity index (χ4n) is 2.29. The van der Waals surface area contributed by atoms with Gasteiger partial charge in [-0.05, 0) is 41.5 Å². The average molecular weight is 292 g/mol. The van der Waals surface area contributed by atoms with E-state index in [1.54, 1.807) is 0 Å². The molecule has 0 saturated heterocycles. The van der Waals surface area contributed by atoms with Crippen LogP contribution in [0.15, 0.2) is 34.9 Å². The van der Waals surface area contributed by atoms with Gasteiger partial charge in [-0.15, -0.1) is 0 Å². The third-order valence-corrected chi connectivity index (χ3v) is 3.84. The van der Waals surface area contributed by atoms with Crippen LogP contribution >= 0.6 is 15.9 Å². The van der Waals surface area contributed by atoms with Gasteiger partial charge in [0.05, 0.1) is 11.4 Å². The molecule has 1 aromatic carbocycles. The Morgan fingerprint density at radius 1 is 1.24 bits per heavy atom. The van der Waals surface area contributed by atoms with E-state index >= 15 is 0 Å². The molecule has 1 aliphatic heterocycles. The smallest absolute Gasteiger partial charge is 0.132 e. The van der Waals surface area contributed by atoms with E-state index in [0.29, 0.717) is 0 Å². The lowest BCUT2D eigenvalue weighted by molar-refractivity contribution is 0.305. The first-order valence-corrected chi connectivity index (χ1v) is 6.55. The molecular weight excluding hydrogens is 278 g/mol. The zero-order valence-electron chi connectivity index (χ0n) is 9.73. The van der Waals surface area contributed by atoms with Gasteiger partial charge in [-0.3, -0.25) is 0 Å². The summed E-state index contributed by atoms with van der Waals surface area (Å²) in [5.41, 5.74) is 3.79. The summed E-state index contributed by atoms with van der Waals surface area (Å²) in [6.45, 7) is 2.06. The molecule has 2 heterocycles.